The molecule has 0 saturated carbocycles. The topological polar surface area (TPSA) is 59.5 Å². The van der Waals surface area contributed by atoms with E-state index in [1.54, 1.807) is 24.7 Å². The fourth-order valence-electron chi connectivity index (χ4n) is 2.45. The third kappa shape index (κ3) is 2.53. The van der Waals surface area contributed by atoms with Gasteiger partial charge in [-0.15, -0.1) is 0 Å². The Morgan fingerprint density at radius 1 is 1.17 bits per heavy atom. The molecule has 0 fully saturated rings. The Balaban J connectivity index is 2.26. The van der Waals surface area contributed by atoms with Crippen molar-refractivity contribution >= 4 is 21.6 Å². The smallest absolute Gasteiger partial charge is 0.161 e. The van der Waals surface area contributed by atoms with E-state index in [9.17, 15) is 5.26 Å². The lowest BCUT2D eigenvalue weighted by atomic mass is 10.1. The number of ether oxygens (including phenoxy) is 2. The fourth-order valence-corrected chi connectivity index (χ4v) is 2.77. The van der Waals surface area contributed by atoms with E-state index < -0.39 is 0 Å². The summed E-state index contributed by atoms with van der Waals surface area (Å²) in [5.41, 5.74) is 3.69. The van der Waals surface area contributed by atoms with E-state index in [1.165, 1.54) is 0 Å². The molecule has 0 amide bonds. The highest BCUT2D eigenvalue weighted by molar-refractivity contribution is 9.10. The van der Waals surface area contributed by atoms with Crippen LogP contribution in [0.15, 0.2) is 34.9 Å². The maximum Gasteiger partial charge on any atom is 0.161 e. The first-order chi connectivity index (χ1) is 11.1. The molecule has 0 aliphatic carbocycles. The lowest BCUT2D eigenvalue weighted by Gasteiger charge is -2.08. The Kier molecular flexibility index (Phi) is 3.97. The first-order valence-corrected chi connectivity index (χ1v) is 7.69. The van der Waals surface area contributed by atoms with E-state index in [0.29, 0.717) is 22.9 Å². The van der Waals surface area contributed by atoms with Crippen LogP contribution in [0.1, 0.15) is 11.3 Å². The van der Waals surface area contributed by atoms with Crippen molar-refractivity contribution in [1.29, 1.82) is 5.26 Å². The van der Waals surface area contributed by atoms with Gasteiger partial charge in [-0.1, -0.05) is 0 Å². The number of nitrogens with zero attached hydrogens (tertiary/aromatic N) is 3. The molecule has 3 rings (SSSR count). The second kappa shape index (κ2) is 5.94. The standard InChI is InChI=1S/C17H14BrN3O2/c1-10-6-16-20-17(13(8-19)21(16)9-12(10)18)11-4-5-14(22-2)15(7-11)23-3/h4-7,9H,1-3H3. The summed E-state index contributed by atoms with van der Waals surface area (Å²) in [6.45, 7) is 1.99. The minimum atomic E-state index is 0.480. The van der Waals surface area contributed by atoms with Crippen LogP contribution < -0.4 is 9.47 Å². The summed E-state index contributed by atoms with van der Waals surface area (Å²) in [7, 11) is 3.17. The number of hydrogen-bond donors (Lipinski definition) is 0. The largest absolute Gasteiger partial charge is 0.493 e. The molecule has 0 aliphatic rings. The summed E-state index contributed by atoms with van der Waals surface area (Å²) in [6, 6.07) is 9.67. The molecule has 1 aromatic carbocycles. The van der Waals surface area contributed by atoms with Gasteiger partial charge < -0.3 is 9.47 Å². The van der Waals surface area contributed by atoms with Crippen molar-refractivity contribution < 1.29 is 9.47 Å². The molecule has 0 radical (unpaired) electrons. The monoisotopic (exact) mass is 371 g/mol. The molecule has 6 heteroatoms. The zero-order valence-corrected chi connectivity index (χ0v) is 14.5. The second-order valence-electron chi connectivity index (χ2n) is 5.02. The number of imidazole rings is 1. The number of nitriles is 1. The van der Waals surface area contributed by atoms with Gasteiger partial charge in [-0.3, -0.25) is 4.40 Å². The number of halogens is 1. The molecule has 5 nitrogen and oxygen atoms in total. The zero-order chi connectivity index (χ0) is 16.6. The Morgan fingerprint density at radius 3 is 2.57 bits per heavy atom. The highest BCUT2D eigenvalue weighted by atomic mass is 79.9. The average molecular weight is 372 g/mol. The summed E-state index contributed by atoms with van der Waals surface area (Å²) >= 11 is 3.49. The van der Waals surface area contributed by atoms with E-state index in [-0.39, 0.29) is 0 Å². The predicted molar refractivity (Wildman–Crippen MR) is 90.9 cm³/mol. The van der Waals surface area contributed by atoms with E-state index in [4.69, 9.17) is 9.47 Å². The highest BCUT2D eigenvalue weighted by Gasteiger charge is 2.16. The SMILES string of the molecule is COc1ccc(-c2nc3cc(C)c(Br)cn3c2C#N)cc1OC. The van der Waals surface area contributed by atoms with Crippen LogP contribution in [0.25, 0.3) is 16.9 Å². The van der Waals surface area contributed by atoms with E-state index in [2.05, 4.69) is 27.0 Å². The lowest BCUT2D eigenvalue weighted by molar-refractivity contribution is 0.355. The number of aromatic nitrogens is 2. The summed E-state index contributed by atoms with van der Waals surface area (Å²) in [4.78, 5) is 4.61. The van der Waals surface area contributed by atoms with Crippen LogP contribution in [0, 0.1) is 18.3 Å². The molecule has 0 saturated heterocycles. The van der Waals surface area contributed by atoms with Crippen molar-refractivity contribution in [2.75, 3.05) is 14.2 Å². The first-order valence-electron chi connectivity index (χ1n) is 6.89. The minimum Gasteiger partial charge on any atom is -0.493 e. The molecule has 2 aromatic heterocycles. The summed E-state index contributed by atoms with van der Waals surface area (Å²) in [5.74, 6) is 1.24. The predicted octanol–water partition coefficient (Wildman–Crippen LogP) is 3.96. The van der Waals surface area contributed by atoms with Gasteiger partial charge in [0.05, 0.1) is 14.2 Å². The van der Waals surface area contributed by atoms with E-state index in [0.717, 1.165) is 21.2 Å². The lowest BCUT2D eigenvalue weighted by Crippen LogP contribution is -1.92. The van der Waals surface area contributed by atoms with Gasteiger partial charge in [0.15, 0.2) is 17.2 Å². The van der Waals surface area contributed by atoms with Crippen LogP contribution in [0.2, 0.25) is 0 Å². The number of aryl methyl sites for hydroxylation is 1. The van der Waals surface area contributed by atoms with E-state index >= 15 is 0 Å². The van der Waals surface area contributed by atoms with E-state index in [1.807, 2.05) is 31.3 Å². The van der Waals surface area contributed by atoms with Gasteiger partial charge in [-0.25, -0.2) is 4.98 Å². The number of rotatable bonds is 3. The molecule has 0 N–H and O–H groups in total. The van der Waals surface area contributed by atoms with Gasteiger partial charge in [-0.2, -0.15) is 5.26 Å². The third-order valence-electron chi connectivity index (χ3n) is 3.67. The van der Waals surface area contributed by atoms with Crippen molar-refractivity contribution in [3.8, 4) is 28.8 Å². The van der Waals surface area contributed by atoms with Crippen LogP contribution in [0.4, 0.5) is 0 Å². The van der Waals surface area contributed by atoms with Gasteiger partial charge in [-0.05, 0) is 52.7 Å². The Hall–Kier alpha value is -2.52. The molecule has 23 heavy (non-hydrogen) atoms. The van der Waals surface area contributed by atoms with Crippen molar-refractivity contribution in [3.05, 3.63) is 46.2 Å². The first kappa shape index (κ1) is 15.4. The van der Waals surface area contributed by atoms with Crippen LogP contribution in [0.5, 0.6) is 11.5 Å². The number of pyridine rings is 1. The molecule has 116 valence electrons. The molecule has 0 spiro atoms. The maximum absolute atomic E-state index is 9.57. The van der Waals surface area contributed by atoms with Crippen LogP contribution in [-0.4, -0.2) is 23.6 Å². The second-order valence-corrected chi connectivity index (χ2v) is 5.88. The van der Waals surface area contributed by atoms with Gasteiger partial charge >= 0.3 is 0 Å². The Morgan fingerprint density at radius 2 is 1.91 bits per heavy atom. The molecule has 0 bridgehead atoms. The van der Waals surface area contributed by atoms with Crippen molar-refractivity contribution in [3.63, 3.8) is 0 Å². The Labute approximate surface area is 142 Å². The van der Waals surface area contributed by atoms with Gasteiger partial charge in [0.25, 0.3) is 0 Å². The van der Waals surface area contributed by atoms with Gasteiger partial charge in [0.2, 0.25) is 0 Å². The molecule has 2 heterocycles. The van der Waals surface area contributed by atoms with Gasteiger partial charge in [0, 0.05) is 16.2 Å². The molecule has 3 aromatic rings. The molecule has 0 unspecified atom stereocenters. The number of benzene rings is 1. The van der Waals surface area contributed by atoms with Crippen molar-refractivity contribution in [2.24, 2.45) is 0 Å². The summed E-state index contributed by atoms with van der Waals surface area (Å²) in [5, 5.41) is 9.57. The zero-order valence-electron chi connectivity index (χ0n) is 12.9. The van der Waals surface area contributed by atoms with Crippen LogP contribution in [0.3, 0.4) is 0 Å². The number of methoxy groups -OCH3 is 2. The highest BCUT2D eigenvalue weighted by Crippen LogP contribution is 2.34. The maximum atomic E-state index is 9.57. The Bertz CT molecular complexity index is 941. The van der Waals surface area contributed by atoms with Crippen molar-refractivity contribution in [1.82, 2.24) is 9.38 Å². The quantitative estimate of drug-likeness (QED) is 0.698. The summed E-state index contributed by atoms with van der Waals surface area (Å²) < 4.78 is 13.3. The molecular weight excluding hydrogens is 358 g/mol. The van der Waals surface area contributed by atoms with Crippen LogP contribution in [-0.2, 0) is 0 Å². The molecular formula is C17H14BrN3O2. The van der Waals surface area contributed by atoms with Crippen LogP contribution >= 0.6 is 15.9 Å². The van der Waals surface area contributed by atoms with Gasteiger partial charge in [0.1, 0.15) is 17.4 Å². The minimum absolute atomic E-state index is 0.480. The molecule has 0 aliphatic heterocycles. The normalized spacial score (nSPS) is 10.6. The van der Waals surface area contributed by atoms with Crippen molar-refractivity contribution in [2.45, 2.75) is 6.92 Å². The summed E-state index contributed by atoms with van der Waals surface area (Å²) in [6.07, 6.45) is 1.86. The molecule has 0 atom stereocenters. The third-order valence-corrected chi connectivity index (χ3v) is 4.50. The fraction of sp³-hybridized carbons (Fsp3) is 0.176. The number of fused-ring (bicyclic) bond motifs is 1. The number of hydrogen-bond acceptors (Lipinski definition) is 4. The average Bonchev–Trinajstić information content (AvgIpc) is 2.92.